The minimum absolute atomic E-state index is 0.0378. The van der Waals surface area contributed by atoms with E-state index in [0.29, 0.717) is 37.2 Å². The Morgan fingerprint density at radius 2 is 1.00 bits per heavy atom. The molecule has 0 amide bonds. The number of allylic oxidation sites excluding steroid dienone is 6. The highest BCUT2D eigenvalue weighted by molar-refractivity contribution is 5.99. The first kappa shape index (κ1) is 23.3. The van der Waals surface area contributed by atoms with Gasteiger partial charge in [0.2, 0.25) is 0 Å². The minimum Gasteiger partial charge on any atom is -0.426 e. The van der Waals surface area contributed by atoms with E-state index in [9.17, 15) is 28.8 Å². The number of carbonyl (C=O) groups excluding carboxylic acids is 6. The maximum atomic E-state index is 12.9. The Hall–Kier alpha value is -3.82. The molecule has 6 fully saturated rings. The Morgan fingerprint density at radius 3 is 1.42 bits per heavy atom. The van der Waals surface area contributed by atoms with Gasteiger partial charge in [0.1, 0.15) is 11.5 Å². The number of esters is 6. The summed E-state index contributed by atoms with van der Waals surface area (Å²) in [7, 11) is 0. The number of hydrogen-bond acceptors (Lipinski definition) is 10. The van der Waals surface area contributed by atoms with E-state index in [1.54, 1.807) is 36.5 Å². The molecular weight excluding hydrogens is 496 g/mol. The van der Waals surface area contributed by atoms with Gasteiger partial charge < -0.3 is 18.9 Å². The van der Waals surface area contributed by atoms with Crippen LogP contribution in [0.2, 0.25) is 0 Å². The van der Waals surface area contributed by atoms with Gasteiger partial charge in [-0.25, -0.2) is 0 Å². The highest BCUT2D eigenvalue weighted by Gasteiger charge is 2.65. The molecule has 0 aromatic carbocycles. The Labute approximate surface area is 216 Å². The Kier molecular flexibility index (Phi) is 5.12. The van der Waals surface area contributed by atoms with Crippen molar-refractivity contribution in [3.05, 3.63) is 48.0 Å². The van der Waals surface area contributed by atoms with Gasteiger partial charge in [-0.1, -0.05) is 12.2 Å². The third kappa shape index (κ3) is 3.38. The maximum Gasteiger partial charge on any atom is 0.317 e. The molecule has 7 rings (SSSR count). The van der Waals surface area contributed by atoms with Crippen molar-refractivity contribution >= 4 is 35.8 Å². The zero-order valence-electron chi connectivity index (χ0n) is 20.1. The molecule has 0 aromatic heterocycles. The van der Waals surface area contributed by atoms with Gasteiger partial charge >= 0.3 is 35.8 Å². The molecule has 10 unspecified atom stereocenters. The summed E-state index contributed by atoms with van der Waals surface area (Å²) in [5.41, 5.74) is 0. The van der Waals surface area contributed by atoms with Crippen molar-refractivity contribution < 1.29 is 47.7 Å². The number of rotatable bonds is 4. The summed E-state index contributed by atoms with van der Waals surface area (Å²) in [6.07, 6.45) is 11.8. The fourth-order valence-corrected chi connectivity index (χ4v) is 8.16. The second kappa shape index (κ2) is 8.34. The fourth-order valence-electron chi connectivity index (χ4n) is 8.16. The van der Waals surface area contributed by atoms with Crippen LogP contribution in [0.25, 0.3) is 0 Å². The molecule has 10 heteroatoms. The quantitative estimate of drug-likeness (QED) is 0.307. The van der Waals surface area contributed by atoms with Crippen molar-refractivity contribution in [3.63, 3.8) is 0 Å². The normalized spacial score (nSPS) is 46.1. The molecule has 0 spiro atoms. The molecule has 0 aromatic rings. The van der Waals surface area contributed by atoms with Crippen LogP contribution < -0.4 is 0 Å². The van der Waals surface area contributed by atoms with Crippen LogP contribution in [-0.2, 0) is 47.7 Å². The van der Waals surface area contributed by atoms with Crippen LogP contribution in [0.3, 0.4) is 0 Å². The summed E-state index contributed by atoms with van der Waals surface area (Å²) >= 11 is 0. The van der Waals surface area contributed by atoms with E-state index >= 15 is 0 Å². The SMILES string of the molecule is O=C(OC1=C/C=C\C(OC(=O)C2CC3CC2C2C(=O)OC(=O)C32)=C/C=C\1)C1CC2CC1C1C(=O)OC(=O)C21. The zero-order chi connectivity index (χ0) is 26.3. The zero-order valence-corrected chi connectivity index (χ0v) is 20.1. The number of ether oxygens (including phenoxy) is 4. The minimum atomic E-state index is -0.554. The van der Waals surface area contributed by atoms with Gasteiger partial charge in [0.25, 0.3) is 0 Å². The van der Waals surface area contributed by atoms with Gasteiger partial charge in [0.05, 0.1) is 35.5 Å². The lowest BCUT2D eigenvalue weighted by Gasteiger charge is -2.26. The maximum absolute atomic E-state index is 12.9. The lowest BCUT2D eigenvalue weighted by Crippen LogP contribution is -2.34. The van der Waals surface area contributed by atoms with Crippen LogP contribution in [0.5, 0.6) is 0 Å². The predicted octanol–water partition coefficient (Wildman–Crippen LogP) is 1.91. The lowest BCUT2D eigenvalue weighted by atomic mass is 9.75. The van der Waals surface area contributed by atoms with E-state index in [-0.39, 0.29) is 23.7 Å². The average Bonchev–Trinajstić information content (AvgIpc) is 3.68. The number of hydrogen-bond donors (Lipinski definition) is 0. The van der Waals surface area contributed by atoms with Crippen molar-refractivity contribution in [2.24, 2.45) is 59.2 Å². The molecule has 38 heavy (non-hydrogen) atoms. The number of carbonyl (C=O) groups is 6. The van der Waals surface area contributed by atoms with E-state index in [2.05, 4.69) is 0 Å². The molecule has 7 aliphatic rings. The van der Waals surface area contributed by atoms with Gasteiger partial charge in [-0.05, 0) is 73.7 Å². The van der Waals surface area contributed by atoms with Crippen LogP contribution in [0.1, 0.15) is 25.7 Å². The average molecular weight is 520 g/mol. The van der Waals surface area contributed by atoms with E-state index < -0.39 is 71.3 Å². The second-order valence-corrected chi connectivity index (χ2v) is 11.3. The van der Waals surface area contributed by atoms with E-state index in [1.165, 1.54) is 0 Å². The van der Waals surface area contributed by atoms with Gasteiger partial charge in [-0.15, -0.1) is 0 Å². The number of fused-ring (bicyclic) bond motifs is 10. The summed E-state index contributed by atoms with van der Waals surface area (Å²) < 4.78 is 20.8. The van der Waals surface area contributed by atoms with E-state index in [4.69, 9.17) is 18.9 Å². The smallest absolute Gasteiger partial charge is 0.317 e. The van der Waals surface area contributed by atoms with Crippen molar-refractivity contribution in [1.82, 2.24) is 0 Å². The molecule has 5 aliphatic carbocycles. The van der Waals surface area contributed by atoms with Crippen LogP contribution in [0.4, 0.5) is 0 Å². The summed E-state index contributed by atoms with van der Waals surface area (Å²) in [4.78, 5) is 73.9. The van der Waals surface area contributed by atoms with Gasteiger partial charge in [0.15, 0.2) is 0 Å². The summed E-state index contributed by atoms with van der Waals surface area (Å²) in [6, 6.07) is 0. The molecule has 2 heterocycles. The van der Waals surface area contributed by atoms with Crippen molar-refractivity contribution in [2.45, 2.75) is 25.7 Å². The van der Waals surface area contributed by atoms with Crippen LogP contribution >= 0.6 is 0 Å². The van der Waals surface area contributed by atoms with E-state index in [0.717, 1.165) is 0 Å². The van der Waals surface area contributed by atoms with Crippen molar-refractivity contribution in [1.29, 1.82) is 0 Å². The molecule has 196 valence electrons. The first-order chi connectivity index (χ1) is 18.3. The summed E-state index contributed by atoms with van der Waals surface area (Å²) in [5.74, 6) is -5.79. The number of cyclic esters (lactones) is 4. The predicted molar refractivity (Wildman–Crippen MR) is 122 cm³/mol. The second-order valence-electron chi connectivity index (χ2n) is 11.3. The first-order valence-electron chi connectivity index (χ1n) is 13.0. The summed E-state index contributed by atoms with van der Waals surface area (Å²) in [6.45, 7) is 0. The third-order valence-electron chi connectivity index (χ3n) is 9.58. The monoisotopic (exact) mass is 520 g/mol. The highest BCUT2D eigenvalue weighted by Crippen LogP contribution is 2.59. The molecule has 0 N–H and O–H groups in total. The molecule has 2 saturated heterocycles. The van der Waals surface area contributed by atoms with Gasteiger partial charge in [-0.2, -0.15) is 0 Å². The van der Waals surface area contributed by atoms with Crippen molar-refractivity contribution in [3.8, 4) is 0 Å². The summed E-state index contributed by atoms with van der Waals surface area (Å²) in [5, 5.41) is 0. The standard InChI is InChI=1S/C28H24O10/c29-23(17-9-11-7-15(17)21-19(11)25(31)37-27(21)33)35-13-3-1-4-14(6-2-5-13)36-24(30)18-10-12-8-16(18)22-20(12)26(32)38-28(22)34/h1-6,11-12,15-22H,7-10H2/b3-1-,4-1?,5-2?,6-2-,13-3?,13-5+,14-4+,14-6?. The molecule has 4 bridgehead atoms. The topological polar surface area (TPSA) is 139 Å². The molecule has 2 aliphatic heterocycles. The van der Waals surface area contributed by atoms with Crippen LogP contribution in [-0.4, -0.2) is 35.8 Å². The molecule has 10 nitrogen and oxygen atoms in total. The van der Waals surface area contributed by atoms with Crippen LogP contribution in [0, 0.1) is 59.2 Å². The van der Waals surface area contributed by atoms with Crippen molar-refractivity contribution in [2.75, 3.05) is 0 Å². The third-order valence-corrected chi connectivity index (χ3v) is 9.58. The molecule has 10 atom stereocenters. The molecule has 4 saturated carbocycles. The molecule has 0 radical (unpaired) electrons. The van der Waals surface area contributed by atoms with E-state index in [1.807, 2.05) is 0 Å². The Balaban J connectivity index is 0.962. The lowest BCUT2D eigenvalue weighted by molar-refractivity contribution is -0.156. The van der Waals surface area contributed by atoms with Gasteiger partial charge in [0, 0.05) is 0 Å². The first-order valence-corrected chi connectivity index (χ1v) is 13.0. The van der Waals surface area contributed by atoms with Gasteiger partial charge in [-0.3, -0.25) is 28.8 Å². The highest BCUT2D eigenvalue weighted by atomic mass is 16.6. The van der Waals surface area contributed by atoms with Crippen LogP contribution in [0.15, 0.2) is 48.0 Å². The molecular formula is C28H24O10. The largest absolute Gasteiger partial charge is 0.426 e. The Bertz CT molecular complexity index is 1220. The Morgan fingerprint density at radius 1 is 0.605 bits per heavy atom. The fraction of sp³-hybridized carbons (Fsp3) is 0.500.